The van der Waals surface area contributed by atoms with Gasteiger partial charge in [0.15, 0.2) is 0 Å². The van der Waals surface area contributed by atoms with Crippen LogP contribution in [0.5, 0.6) is 0 Å². The Bertz CT molecular complexity index is 846. The number of carbonyl (C=O) groups excluding carboxylic acids is 2. The second kappa shape index (κ2) is 6.76. The standard InChI is InChI=1S/C19H20ClN3O3/c1-2-26-18(24)11-22-15-4-3-5-16(15)23-17(19(22)25)10-14(21-23)12-6-8-13(20)9-7-12/h6-10,15-16H,2-5,11H2,1H3/t15-,16+/m1/s1. The van der Waals surface area contributed by atoms with Gasteiger partial charge in [0, 0.05) is 10.6 Å². The number of amides is 1. The molecule has 1 fully saturated rings. The van der Waals surface area contributed by atoms with E-state index < -0.39 is 0 Å². The Morgan fingerprint density at radius 3 is 2.73 bits per heavy atom. The Balaban J connectivity index is 1.69. The maximum atomic E-state index is 13.0. The van der Waals surface area contributed by atoms with Crippen molar-refractivity contribution in [1.29, 1.82) is 0 Å². The summed E-state index contributed by atoms with van der Waals surface area (Å²) in [5, 5.41) is 5.36. The number of ether oxygens (including phenoxy) is 1. The van der Waals surface area contributed by atoms with Crippen molar-refractivity contribution in [3.05, 3.63) is 41.0 Å². The van der Waals surface area contributed by atoms with Crippen molar-refractivity contribution < 1.29 is 14.3 Å². The van der Waals surface area contributed by atoms with Gasteiger partial charge in [0.05, 0.1) is 24.4 Å². The molecule has 0 bridgehead atoms. The van der Waals surface area contributed by atoms with Crippen molar-refractivity contribution in [3.63, 3.8) is 0 Å². The van der Waals surface area contributed by atoms with Crippen molar-refractivity contribution in [2.45, 2.75) is 38.3 Å². The summed E-state index contributed by atoms with van der Waals surface area (Å²) in [6.07, 6.45) is 2.84. The summed E-state index contributed by atoms with van der Waals surface area (Å²) in [6, 6.07) is 9.31. The molecule has 2 aliphatic rings. The zero-order valence-corrected chi connectivity index (χ0v) is 15.3. The smallest absolute Gasteiger partial charge is 0.325 e. The first-order valence-corrected chi connectivity index (χ1v) is 9.28. The van der Waals surface area contributed by atoms with Crippen molar-refractivity contribution in [2.75, 3.05) is 13.2 Å². The second-order valence-electron chi connectivity index (χ2n) is 6.67. The average molecular weight is 374 g/mol. The van der Waals surface area contributed by atoms with Crippen LogP contribution in [0.1, 0.15) is 42.7 Å². The predicted molar refractivity (Wildman–Crippen MR) is 97.0 cm³/mol. The van der Waals surface area contributed by atoms with Crippen LogP contribution in [-0.4, -0.2) is 45.8 Å². The fourth-order valence-corrected chi connectivity index (χ4v) is 4.10. The van der Waals surface area contributed by atoms with Crippen LogP contribution < -0.4 is 0 Å². The van der Waals surface area contributed by atoms with E-state index in [-0.39, 0.29) is 30.5 Å². The van der Waals surface area contributed by atoms with Crippen LogP contribution in [0.2, 0.25) is 5.02 Å². The molecule has 26 heavy (non-hydrogen) atoms. The van der Waals surface area contributed by atoms with E-state index in [0.717, 1.165) is 30.5 Å². The van der Waals surface area contributed by atoms with E-state index in [1.54, 1.807) is 17.9 Å². The molecule has 136 valence electrons. The van der Waals surface area contributed by atoms with Crippen molar-refractivity contribution in [1.82, 2.24) is 14.7 Å². The van der Waals surface area contributed by atoms with Gasteiger partial charge in [-0.05, 0) is 44.4 Å². The maximum Gasteiger partial charge on any atom is 0.325 e. The fraction of sp³-hybridized carbons (Fsp3) is 0.421. The Hall–Kier alpha value is -2.34. The summed E-state index contributed by atoms with van der Waals surface area (Å²) >= 11 is 5.96. The van der Waals surface area contributed by atoms with Crippen LogP contribution in [0.3, 0.4) is 0 Å². The number of fused-ring (bicyclic) bond motifs is 3. The van der Waals surface area contributed by atoms with Crippen LogP contribution in [0.25, 0.3) is 11.3 Å². The van der Waals surface area contributed by atoms with Gasteiger partial charge in [-0.3, -0.25) is 14.3 Å². The number of nitrogens with zero attached hydrogens (tertiary/aromatic N) is 3. The number of esters is 1. The van der Waals surface area contributed by atoms with E-state index in [1.165, 1.54) is 0 Å². The molecule has 0 unspecified atom stereocenters. The number of rotatable bonds is 4. The van der Waals surface area contributed by atoms with Crippen LogP contribution in [0.15, 0.2) is 30.3 Å². The van der Waals surface area contributed by atoms with E-state index in [1.807, 2.05) is 28.9 Å². The first kappa shape index (κ1) is 17.1. The molecule has 1 aromatic carbocycles. The van der Waals surface area contributed by atoms with Crippen LogP contribution in [0, 0.1) is 0 Å². The molecule has 1 aromatic heterocycles. The molecular weight excluding hydrogens is 354 g/mol. The van der Waals surface area contributed by atoms with E-state index in [2.05, 4.69) is 0 Å². The van der Waals surface area contributed by atoms with E-state index in [9.17, 15) is 9.59 Å². The Morgan fingerprint density at radius 2 is 2.00 bits per heavy atom. The van der Waals surface area contributed by atoms with Gasteiger partial charge in [0.25, 0.3) is 5.91 Å². The van der Waals surface area contributed by atoms with Crippen molar-refractivity contribution in [3.8, 4) is 11.3 Å². The number of benzene rings is 1. The first-order valence-electron chi connectivity index (χ1n) is 8.90. The number of carbonyl (C=O) groups is 2. The highest BCUT2D eigenvalue weighted by Gasteiger charge is 2.44. The Morgan fingerprint density at radius 1 is 1.27 bits per heavy atom. The number of hydrogen-bond acceptors (Lipinski definition) is 4. The van der Waals surface area contributed by atoms with Crippen LogP contribution >= 0.6 is 11.6 Å². The molecule has 0 spiro atoms. The van der Waals surface area contributed by atoms with Gasteiger partial charge < -0.3 is 9.64 Å². The normalized spacial score (nSPS) is 21.5. The van der Waals surface area contributed by atoms with Crippen LogP contribution in [0.4, 0.5) is 0 Å². The molecule has 2 heterocycles. The average Bonchev–Trinajstić information content (AvgIpc) is 3.26. The maximum absolute atomic E-state index is 13.0. The third kappa shape index (κ3) is 2.88. The second-order valence-corrected chi connectivity index (χ2v) is 7.11. The molecular formula is C19H20ClN3O3. The molecule has 0 N–H and O–H groups in total. The summed E-state index contributed by atoms with van der Waals surface area (Å²) in [7, 11) is 0. The molecule has 1 amide bonds. The van der Waals surface area contributed by atoms with Gasteiger partial charge in [0.1, 0.15) is 12.2 Å². The topological polar surface area (TPSA) is 64.4 Å². The highest BCUT2D eigenvalue weighted by atomic mass is 35.5. The third-order valence-electron chi connectivity index (χ3n) is 5.12. The predicted octanol–water partition coefficient (Wildman–Crippen LogP) is 3.32. The quantitative estimate of drug-likeness (QED) is 0.771. The number of aromatic nitrogens is 2. The Labute approximate surface area is 156 Å². The minimum atomic E-state index is -0.364. The molecule has 6 nitrogen and oxygen atoms in total. The molecule has 1 aliphatic carbocycles. The molecule has 4 rings (SSSR count). The molecule has 0 saturated heterocycles. The molecule has 2 aromatic rings. The fourth-order valence-electron chi connectivity index (χ4n) is 3.97. The summed E-state index contributed by atoms with van der Waals surface area (Å²) < 4.78 is 6.90. The van der Waals surface area contributed by atoms with Crippen molar-refractivity contribution >= 4 is 23.5 Å². The van der Waals surface area contributed by atoms with E-state index >= 15 is 0 Å². The monoisotopic (exact) mass is 373 g/mol. The Kier molecular flexibility index (Phi) is 4.44. The van der Waals surface area contributed by atoms with Crippen LogP contribution in [-0.2, 0) is 9.53 Å². The molecule has 1 saturated carbocycles. The summed E-state index contributed by atoms with van der Waals surface area (Å²) in [5.41, 5.74) is 2.19. The molecule has 0 radical (unpaired) electrons. The van der Waals surface area contributed by atoms with E-state index in [0.29, 0.717) is 17.3 Å². The molecule has 1 aliphatic heterocycles. The minimum Gasteiger partial charge on any atom is -0.465 e. The highest BCUT2D eigenvalue weighted by molar-refractivity contribution is 6.30. The largest absolute Gasteiger partial charge is 0.465 e. The van der Waals surface area contributed by atoms with Gasteiger partial charge in [-0.15, -0.1) is 0 Å². The van der Waals surface area contributed by atoms with E-state index in [4.69, 9.17) is 21.4 Å². The lowest BCUT2D eigenvalue weighted by Gasteiger charge is -2.37. The minimum absolute atomic E-state index is 0.00243. The summed E-state index contributed by atoms with van der Waals surface area (Å²) in [6.45, 7) is 2.07. The summed E-state index contributed by atoms with van der Waals surface area (Å²) in [5.74, 6) is -0.522. The zero-order chi connectivity index (χ0) is 18.3. The van der Waals surface area contributed by atoms with Gasteiger partial charge in [-0.1, -0.05) is 23.7 Å². The zero-order valence-electron chi connectivity index (χ0n) is 14.5. The molecule has 2 atom stereocenters. The lowest BCUT2D eigenvalue weighted by atomic mass is 10.1. The SMILES string of the molecule is CCOC(=O)CN1C(=O)c2cc(-c3ccc(Cl)cc3)nn2[C@H]2CCC[C@H]21. The molecule has 7 heteroatoms. The van der Waals surface area contributed by atoms with Gasteiger partial charge in [-0.25, -0.2) is 0 Å². The van der Waals surface area contributed by atoms with Gasteiger partial charge in [0.2, 0.25) is 0 Å². The van der Waals surface area contributed by atoms with Gasteiger partial charge in [-0.2, -0.15) is 5.10 Å². The lowest BCUT2D eigenvalue weighted by molar-refractivity contribution is -0.144. The van der Waals surface area contributed by atoms with Crippen molar-refractivity contribution in [2.24, 2.45) is 0 Å². The summed E-state index contributed by atoms with van der Waals surface area (Å²) in [4.78, 5) is 26.7. The number of halogens is 1. The first-order chi connectivity index (χ1) is 12.6. The number of hydrogen-bond donors (Lipinski definition) is 0. The lowest BCUT2D eigenvalue weighted by Crippen LogP contribution is -2.50. The highest BCUT2D eigenvalue weighted by Crippen LogP contribution is 2.39. The van der Waals surface area contributed by atoms with Gasteiger partial charge >= 0.3 is 5.97 Å². The third-order valence-corrected chi connectivity index (χ3v) is 5.37.